The Bertz CT molecular complexity index is 1040. The molecule has 2 atom stereocenters. The minimum absolute atomic E-state index is 0.0869. The molecule has 4 bridgehead atoms. The third-order valence-corrected chi connectivity index (χ3v) is 7.81. The van der Waals surface area contributed by atoms with E-state index >= 15 is 0 Å². The topological polar surface area (TPSA) is 79.3 Å². The maximum Gasteiger partial charge on any atom is 0.251 e. The van der Waals surface area contributed by atoms with Gasteiger partial charge in [-0.05, 0) is 86.1 Å². The van der Waals surface area contributed by atoms with Crippen molar-refractivity contribution >= 4 is 23.3 Å². The van der Waals surface area contributed by atoms with Crippen molar-refractivity contribution in [2.45, 2.75) is 57.1 Å². The fourth-order valence-corrected chi connectivity index (χ4v) is 6.59. The zero-order valence-electron chi connectivity index (χ0n) is 17.6. The molecule has 5 nitrogen and oxygen atoms in total. The first kappa shape index (κ1) is 20.7. The molecule has 2 N–H and O–H groups in total. The number of pyridine rings is 1. The molecule has 1 aromatic carbocycles. The van der Waals surface area contributed by atoms with E-state index < -0.39 is 5.60 Å². The number of hydrogen-bond donors (Lipinski definition) is 2. The minimum Gasteiger partial charge on any atom is -0.390 e. The molecule has 4 aliphatic carbocycles. The number of nitrogens with one attached hydrogen (secondary N) is 1. The van der Waals surface area contributed by atoms with Gasteiger partial charge in [-0.25, -0.2) is 0 Å². The maximum absolute atomic E-state index is 13.2. The van der Waals surface area contributed by atoms with Gasteiger partial charge in [-0.3, -0.25) is 14.6 Å². The third-order valence-electron chi connectivity index (χ3n) is 7.51. The van der Waals surface area contributed by atoms with Crippen LogP contribution in [-0.4, -0.2) is 33.4 Å². The number of hydrogen-bond acceptors (Lipinski definition) is 4. The van der Waals surface area contributed by atoms with E-state index in [4.69, 9.17) is 11.6 Å². The number of carbonyl (C=O) groups is 2. The molecule has 0 aliphatic heterocycles. The number of carbonyl (C=O) groups excluding carboxylic acids is 2. The number of benzene rings is 1. The van der Waals surface area contributed by atoms with Gasteiger partial charge in [-0.1, -0.05) is 24.6 Å². The van der Waals surface area contributed by atoms with Crippen LogP contribution in [0.15, 0.2) is 36.5 Å². The molecule has 1 amide bonds. The van der Waals surface area contributed by atoms with Gasteiger partial charge in [0.2, 0.25) is 5.78 Å². The summed E-state index contributed by atoms with van der Waals surface area (Å²) in [7, 11) is 0. The molecule has 0 spiro atoms. The van der Waals surface area contributed by atoms with E-state index in [2.05, 4.69) is 10.3 Å². The number of rotatable bonds is 5. The van der Waals surface area contributed by atoms with Crippen LogP contribution in [0.5, 0.6) is 0 Å². The highest BCUT2D eigenvalue weighted by molar-refractivity contribution is 6.34. The number of aromatic nitrogens is 1. The second-order valence-electron chi connectivity index (χ2n) is 9.58. The summed E-state index contributed by atoms with van der Waals surface area (Å²) in [5.41, 5.74) is 1.62. The number of amides is 1. The predicted molar refractivity (Wildman–Crippen MR) is 118 cm³/mol. The van der Waals surface area contributed by atoms with Crippen molar-refractivity contribution in [2.24, 2.45) is 17.8 Å². The average Bonchev–Trinajstić information content (AvgIpc) is 2.74. The Morgan fingerprint density at radius 3 is 2.58 bits per heavy atom. The van der Waals surface area contributed by atoms with E-state index in [0.29, 0.717) is 40.3 Å². The largest absolute Gasteiger partial charge is 0.390 e. The molecule has 4 fully saturated rings. The zero-order valence-corrected chi connectivity index (χ0v) is 18.4. The van der Waals surface area contributed by atoms with Gasteiger partial charge >= 0.3 is 0 Å². The predicted octanol–water partition coefficient (Wildman–Crippen LogP) is 4.20. The molecule has 1 heterocycles. The number of nitrogens with zero attached hydrogens (tertiary/aromatic N) is 1. The summed E-state index contributed by atoms with van der Waals surface area (Å²) in [6, 6.07) is 8.66. The van der Waals surface area contributed by atoms with Gasteiger partial charge in [-0.15, -0.1) is 0 Å². The van der Waals surface area contributed by atoms with E-state index in [1.807, 2.05) is 6.92 Å². The molecule has 31 heavy (non-hydrogen) atoms. The minimum atomic E-state index is -0.513. The second kappa shape index (κ2) is 7.72. The Hall–Kier alpha value is -2.24. The van der Waals surface area contributed by atoms with Gasteiger partial charge in [-0.2, -0.15) is 0 Å². The van der Waals surface area contributed by atoms with Gasteiger partial charge < -0.3 is 10.4 Å². The normalized spacial score (nSPS) is 30.9. The molecule has 6 heteroatoms. The van der Waals surface area contributed by atoms with E-state index in [9.17, 15) is 14.7 Å². The number of ketones is 1. The van der Waals surface area contributed by atoms with Crippen LogP contribution in [0.1, 0.15) is 71.0 Å². The van der Waals surface area contributed by atoms with Crippen LogP contribution < -0.4 is 5.32 Å². The van der Waals surface area contributed by atoms with E-state index in [1.165, 1.54) is 0 Å². The van der Waals surface area contributed by atoms with Gasteiger partial charge in [0, 0.05) is 23.4 Å². The molecule has 6 rings (SSSR count). The molecule has 0 radical (unpaired) electrons. The van der Waals surface area contributed by atoms with Gasteiger partial charge in [0.05, 0.1) is 10.6 Å². The van der Waals surface area contributed by atoms with E-state index in [1.54, 1.807) is 36.5 Å². The summed E-state index contributed by atoms with van der Waals surface area (Å²) >= 11 is 6.14. The van der Waals surface area contributed by atoms with Crippen molar-refractivity contribution in [3.8, 4) is 0 Å². The smallest absolute Gasteiger partial charge is 0.251 e. The van der Waals surface area contributed by atoms with Gasteiger partial charge in [0.25, 0.3) is 5.91 Å². The lowest BCUT2D eigenvalue weighted by atomic mass is 9.52. The summed E-state index contributed by atoms with van der Waals surface area (Å²) < 4.78 is 0. The third kappa shape index (κ3) is 3.68. The maximum atomic E-state index is 13.2. The lowest BCUT2D eigenvalue weighted by Gasteiger charge is -2.58. The molecule has 2 unspecified atom stereocenters. The van der Waals surface area contributed by atoms with Crippen LogP contribution in [0.4, 0.5) is 0 Å². The highest BCUT2D eigenvalue weighted by Crippen LogP contribution is 2.55. The molecule has 162 valence electrons. The molecule has 0 saturated heterocycles. The fraction of sp³-hybridized carbons (Fsp3) is 0.480. The highest BCUT2D eigenvalue weighted by atomic mass is 35.5. The van der Waals surface area contributed by atoms with E-state index in [-0.39, 0.29) is 23.4 Å². The van der Waals surface area contributed by atoms with Crippen molar-refractivity contribution in [2.75, 3.05) is 0 Å². The first-order valence-corrected chi connectivity index (χ1v) is 11.6. The van der Waals surface area contributed by atoms with Crippen molar-refractivity contribution < 1.29 is 14.7 Å². The SMILES string of the molecule is CCc1cc(C(=O)c2ncccc2Cl)ccc1C(=O)NC1C2CC3CC1CC(O)(C3)C2. The first-order valence-electron chi connectivity index (χ1n) is 11.2. The van der Waals surface area contributed by atoms with Crippen LogP contribution in [0, 0.1) is 17.8 Å². The fourth-order valence-electron chi connectivity index (χ4n) is 6.38. The quantitative estimate of drug-likeness (QED) is 0.686. The van der Waals surface area contributed by atoms with Crippen molar-refractivity contribution in [3.63, 3.8) is 0 Å². The first-order chi connectivity index (χ1) is 14.9. The summed E-state index contributed by atoms with van der Waals surface area (Å²) in [6.45, 7) is 1.98. The van der Waals surface area contributed by atoms with Gasteiger partial charge in [0.15, 0.2) is 0 Å². The summed E-state index contributed by atoms with van der Waals surface area (Å²) in [6.07, 6.45) is 6.90. The molecule has 2 aromatic rings. The van der Waals surface area contributed by atoms with Gasteiger partial charge in [0.1, 0.15) is 5.69 Å². The Labute approximate surface area is 187 Å². The zero-order chi connectivity index (χ0) is 21.8. The van der Waals surface area contributed by atoms with Crippen LogP contribution in [0.3, 0.4) is 0 Å². The second-order valence-corrected chi connectivity index (χ2v) is 9.99. The molecule has 4 aliphatic rings. The number of aliphatic hydroxyl groups is 1. The highest BCUT2D eigenvalue weighted by Gasteiger charge is 2.55. The lowest BCUT2D eigenvalue weighted by Crippen LogP contribution is -2.61. The number of halogens is 1. The summed E-state index contributed by atoms with van der Waals surface area (Å²) in [5, 5.41) is 14.4. The lowest BCUT2D eigenvalue weighted by molar-refractivity contribution is -0.136. The Kier molecular flexibility index (Phi) is 5.14. The Morgan fingerprint density at radius 2 is 1.94 bits per heavy atom. The summed E-state index contributed by atoms with van der Waals surface area (Å²) in [4.78, 5) is 30.2. The van der Waals surface area contributed by atoms with Crippen molar-refractivity contribution in [1.82, 2.24) is 10.3 Å². The standard InChI is InChI=1S/C25H27ClN2O3/c1-2-15-10-16(23(29)22-20(26)4-3-7-27-22)5-6-19(15)24(30)28-21-17-8-14-9-18(21)13-25(31,11-14)12-17/h3-7,10,14,17-18,21,31H,2,8-9,11-13H2,1H3,(H,28,30). The summed E-state index contributed by atoms with van der Waals surface area (Å²) in [5.74, 6) is 0.984. The number of aryl methyl sites for hydroxylation is 1. The molecule has 4 saturated carbocycles. The molecule has 1 aromatic heterocycles. The van der Waals surface area contributed by atoms with Crippen LogP contribution in [-0.2, 0) is 6.42 Å². The average molecular weight is 439 g/mol. The Morgan fingerprint density at radius 1 is 1.19 bits per heavy atom. The molecular formula is C25H27ClN2O3. The monoisotopic (exact) mass is 438 g/mol. The molecular weight excluding hydrogens is 412 g/mol. The van der Waals surface area contributed by atoms with Crippen LogP contribution in [0.2, 0.25) is 5.02 Å². The van der Waals surface area contributed by atoms with E-state index in [0.717, 1.165) is 37.7 Å². The van der Waals surface area contributed by atoms with Crippen molar-refractivity contribution in [3.05, 3.63) is 63.9 Å². The van der Waals surface area contributed by atoms with Crippen LogP contribution >= 0.6 is 11.6 Å². The Balaban J connectivity index is 1.36. The van der Waals surface area contributed by atoms with Crippen LogP contribution in [0.25, 0.3) is 0 Å². The van der Waals surface area contributed by atoms with Crippen molar-refractivity contribution in [1.29, 1.82) is 0 Å².